The normalized spacial score (nSPS) is 12.4. The van der Waals surface area contributed by atoms with Crippen molar-refractivity contribution in [1.82, 2.24) is 10.3 Å². The van der Waals surface area contributed by atoms with E-state index in [4.69, 9.17) is 0 Å². The summed E-state index contributed by atoms with van der Waals surface area (Å²) in [7, 11) is 0. The fraction of sp³-hybridized carbons (Fsp3) is 0.600. The fourth-order valence-electron chi connectivity index (χ4n) is 2.03. The maximum atomic E-state index is 12.0. The van der Waals surface area contributed by atoms with Gasteiger partial charge in [0.15, 0.2) is 0 Å². The lowest BCUT2D eigenvalue weighted by Gasteiger charge is -2.11. The third-order valence-electron chi connectivity index (χ3n) is 2.91. The molecular formula is C15H24N2O3. The van der Waals surface area contributed by atoms with Crippen molar-refractivity contribution in [2.45, 2.75) is 46.1 Å². The Kier molecular flexibility index (Phi) is 6.45. The van der Waals surface area contributed by atoms with Crippen molar-refractivity contribution in [3.05, 3.63) is 33.7 Å². The van der Waals surface area contributed by atoms with Gasteiger partial charge in [-0.15, -0.1) is 0 Å². The van der Waals surface area contributed by atoms with E-state index in [1.54, 1.807) is 6.07 Å². The van der Waals surface area contributed by atoms with E-state index in [0.29, 0.717) is 17.9 Å². The SMILES string of the molecule is CCCC(O)CNC(=O)c1cc(CC(C)C)[nH]c(=O)c1. The van der Waals surface area contributed by atoms with Gasteiger partial charge in [0.1, 0.15) is 0 Å². The van der Waals surface area contributed by atoms with E-state index in [1.807, 2.05) is 20.8 Å². The van der Waals surface area contributed by atoms with Crippen LogP contribution in [0.2, 0.25) is 0 Å². The first-order valence-corrected chi connectivity index (χ1v) is 7.11. The molecule has 0 saturated heterocycles. The zero-order chi connectivity index (χ0) is 15.1. The van der Waals surface area contributed by atoms with Crippen molar-refractivity contribution in [3.63, 3.8) is 0 Å². The van der Waals surface area contributed by atoms with Crippen molar-refractivity contribution < 1.29 is 9.90 Å². The standard InChI is InChI=1S/C15H24N2O3/c1-4-5-13(18)9-16-15(20)11-7-12(6-10(2)3)17-14(19)8-11/h7-8,10,13,18H,4-6,9H2,1-3H3,(H,16,20)(H,17,19). The van der Waals surface area contributed by atoms with Crippen LogP contribution in [0.4, 0.5) is 0 Å². The lowest BCUT2D eigenvalue weighted by molar-refractivity contribution is 0.0909. The number of aliphatic hydroxyl groups excluding tert-OH is 1. The summed E-state index contributed by atoms with van der Waals surface area (Å²) in [6, 6.07) is 2.98. The molecule has 5 nitrogen and oxygen atoms in total. The molecule has 5 heteroatoms. The summed E-state index contributed by atoms with van der Waals surface area (Å²) < 4.78 is 0. The van der Waals surface area contributed by atoms with Crippen molar-refractivity contribution in [3.8, 4) is 0 Å². The molecule has 1 aromatic rings. The molecule has 0 radical (unpaired) electrons. The second kappa shape index (κ2) is 7.85. The van der Waals surface area contributed by atoms with Gasteiger partial charge in [-0.3, -0.25) is 9.59 Å². The molecule has 0 fully saturated rings. The number of carbonyl (C=O) groups excluding carboxylic acids is 1. The Morgan fingerprint density at radius 1 is 1.40 bits per heavy atom. The lowest BCUT2D eigenvalue weighted by Crippen LogP contribution is -2.32. The number of aromatic nitrogens is 1. The minimum atomic E-state index is -0.541. The topological polar surface area (TPSA) is 82.2 Å². The molecule has 0 bridgehead atoms. The van der Waals surface area contributed by atoms with Crippen LogP contribution < -0.4 is 10.9 Å². The van der Waals surface area contributed by atoms with Gasteiger partial charge in [-0.2, -0.15) is 0 Å². The van der Waals surface area contributed by atoms with Crippen LogP contribution in [0.3, 0.4) is 0 Å². The highest BCUT2D eigenvalue weighted by Crippen LogP contribution is 2.06. The molecule has 1 atom stereocenters. The van der Waals surface area contributed by atoms with Crippen LogP contribution in [-0.2, 0) is 6.42 Å². The van der Waals surface area contributed by atoms with Crippen LogP contribution in [0.1, 0.15) is 49.7 Å². The van der Waals surface area contributed by atoms with Gasteiger partial charge in [0, 0.05) is 23.9 Å². The molecular weight excluding hydrogens is 256 g/mol. The van der Waals surface area contributed by atoms with Gasteiger partial charge in [-0.25, -0.2) is 0 Å². The number of hydrogen-bond acceptors (Lipinski definition) is 3. The summed E-state index contributed by atoms with van der Waals surface area (Å²) in [5.41, 5.74) is 0.822. The number of rotatable bonds is 7. The summed E-state index contributed by atoms with van der Waals surface area (Å²) in [6.07, 6.45) is 1.69. The van der Waals surface area contributed by atoms with E-state index in [1.165, 1.54) is 6.07 Å². The maximum absolute atomic E-state index is 12.0. The van der Waals surface area contributed by atoms with E-state index in [2.05, 4.69) is 10.3 Å². The number of aliphatic hydroxyl groups is 1. The molecule has 1 aromatic heterocycles. The van der Waals surface area contributed by atoms with Gasteiger partial charge in [-0.05, 0) is 24.8 Å². The average Bonchev–Trinajstić information content (AvgIpc) is 2.34. The monoisotopic (exact) mass is 280 g/mol. The number of carbonyl (C=O) groups is 1. The van der Waals surface area contributed by atoms with Crippen molar-refractivity contribution in [1.29, 1.82) is 0 Å². The van der Waals surface area contributed by atoms with Gasteiger partial charge >= 0.3 is 0 Å². The summed E-state index contributed by atoms with van der Waals surface area (Å²) >= 11 is 0. The molecule has 1 heterocycles. The zero-order valence-electron chi connectivity index (χ0n) is 12.4. The molecule has 0 aromatic carbocycles. The smallest absolute Gasteiger partial charge is 0.251 e. The molecule has 1 unspecified atom stereocenters. The fourth-order valence-corrected chi connectivity index (χ4v) is 2.03. The number of amides is 1. The van der Waals surface area contributed by atoms with Crippen LogP contribution >= 0.6 is 0 Å². The zero-order valence-corrected chi connectivity index (χ0v) is 12.4. The molecule has 0 aliphatic carbocycles. The minimum Gasteiger partial charge on any atom is -0.391 e. The highest BCUT2D eigenvalue weighted by atomic mass is 16.3. The summed E-state index contributed by atoms with van der Waals surface area (Å²) in [6.45, 7) is 6.28. The van der Waals surface area contributed by atoms with Gasteiger partial charge < -0.3 is 15.4 Å². The van der Waals surface area contributed by atoms with Crippen LogP contribution in [0.5, 0.6) is 0 Å². The molecule has 0 spiro atoms. The molecule has 112 valence electrons. The van der Waals surface area contributed by atoms with Crippen LogP contribution in [-0.4, -0.2) is 28.6 Å². The van der Waals surface area contributed by atoms with Crippen LogP contribution in [0, 0.1) is 5.92 Å². The summed E-state index contributed by atoms with van der Waals surface area (Å²) in [5.74, 6) is 0.0756. The third-order valence-corrected chi connectivity index (χ3v) is 2.91. The summed E-state index contributed by atoms with van der Waals surface area (Å²) in [5, 5.41) is 12.2. The molecule has 0 aliphatic rings. The van der Waals surface area contributed by atoms with E-state index in [-0.39, 0.29) is 18.0 Å². The van der Waals surface area contributed by atoms with Crippen LogP contribution in [0.25, 0.3) is 0 Å². The predicted octanol–water partition coefficient (Wildman–Crippen LogP) is 1.46. The quantitative estimate of drug-likeness (QED) is 0.707. The Labute approximate surface area is 119 Å². The van der Waals surface area contributed by atoms with Crippen molar-refractivity contribution >= 4 is 5.91 Å². The van der Waals surface area contributed by atoms with E-state index >= 15 is 0 Å². The van der Waals surface area contributed by atoms with E-state index in [0.717, 1.165) is 18.5 Å². The van der Waals surface area contributed by atoms with Gasteiger partial charge in [0.2, 0.25) is 5.56 Å². The Bertz CT molecular complexity index is 494. The van der Waals surface area contributed by atoms with Gasteiger partial charge in [-0.1, -0.05) is 27.2 Å². The van der Waals surface area contributed by atoms with E-state index < -0.39 is 6.10 Å². The number of pyridine rings is 1. The molecule has 20 heavy (non-hydrogen) atoms. The average molecular weight is 280 g/mol. The molecule has 1 amide bonds. The molecule has 0 saturated carbocycles. The van der Waals surface area contributed by atoms with Crippen molar-refractivity contribution in [2.75, 3.05) is 6.54 Å². The first-order chi connectivity index (χ1) is 9.42. The molecule has 1 rings (SSSR count). The second-order valence-corrected chi connectivity index (χ2v) is 5.51. The predicted molar refractivity (Wildman–Crippen MR) is 78.9 cm³/mol. The summed E-state index contributed by atoms with van der Waals surface area (Å²) in [4.78, 5) is 26.3. The third kappa shape index (κ3) is 5.57. The van der Waals surface area contributed by atoms with Gasteiger partial charge in [0.25, 0.3) is 5.91 Å². The lowest BCUT2D eigenvalue weighted by atomic mass is 10.1. The Balaban J connectivity index is 2.72. The first-order valence-electron chi connectivity index (χ1n) is 7.11. The Morgan fingerprint density at radius 3 is 2.70 bits per heavy atom. The maximum Gasteiger partial charge on any atom is 0.251 e. The highest BCUT2D eigenvalue weighted by Gasteiger charge is 2.11. The van der Waals surface area contributed by atoms with Crippen LogP contribution in [0.15, 0.2) is 16.9 Å². The number of H-pyrrole nitrogens is 1. The molecule has 0 aliphatic heterocycles. The number of nitrogens with one attached hydrogen (secondary N) is 2. The van der Waals surface area contributed by atoms with E-state index in [9.17, 15) is 14.7 Å². The largest absolute Gasteiger partial charge is 0.391 e. The Hall–Kier alpha value is -1.62. The molecule has 3 N–H and O–H groups in total. The first kappa shape index (κ1) is 16.4. The Morgan fingerprint density at radius 2 is 2.10 bits per heavy atom. The van der Waals surface area contributed by atoms with Gasteiger partial charge in [0.05, 0.1) is 6.10 Å². The minimum absolute atomic E-state index is 0.207. The second-order valence-electron chi connectivity index (χ2n) is 5.51. The van der Waals surface area contributed by atoms with Crippen molar-refractivity contribution in [2.24, 2.45) is 5.92 Å². The number of hydrogen-bond donors (Lipinski definition) is 3. The highest BCUT2D eigenvalue weighted by molar-refractivity contribution is 5.94. The number of aromatic amines is 1.